The molecular formula is C14H11NO3S. The molecule has 0 spiro atoms. The van der Waals surface area contributed by atoms with Crippen molar-refractivity contribution in [3.8, 4) is 17.6 Å². The lowest BCUT2D eigenvalue weighted by atomic mass is 10.2. The van der Waals surface area contributed by atoms with Crippen LogP contribution in [-0.4, -0.2) is 13.1 Å². The monoisotopic (exact) mass is 273 g/mol. The van der Waals surface area contributed by atoms with Gasteiger partial charge in [-0.3, -0.25) is 0 Å². The number of methoxy groups -OCH3 is 1. The van der Waals surface area contributed by atoms with Crippen LogP contribution in [0.25, 0.3) is 0 Å². The van der Waals surface area contributed by atoms with E-state index in [9.17, 15) is 4.79 Å². The summed E-state index contributed by atoms with van der Waals surface area (Å²) in [5.41, 5.74) is 0.448. The summed E-state index contributed by atoms with van der Waals surface area (Å²) in [6.07, 6.45) is 0. The Morgan fingerprint density at radius 1 is 1.26 bits per heavy atom. The summed E-state index contributed by atoms with van der Waals surface area (Å²) in [4.78, 5) is 13.5. The smallest absolute Gasteiger partial charge is 0.353 e. The number of thiophene rings is 1. The summed E-state index contributed by atoms with van der Waals surface area (Å²) >= 11 is 1.37. The van der Waals surface area contributed by atoms with Crippen molar-refractivity contribution in [3.05, 3.63) is 45.6 Å². The van der Waals surface area contributed by atoms with E-state index in [1.807, 2.05) is 19.1 Å². The number of hydrogen-bond acceptors (Lipinski definition) is 5. The van der Waals surface area contributed by atoms with E-state index in [-0.39, 0.29) is 0 Å². The van der Waals surface area contributed by atoms with Crippen molar-refractivity contribution in [1.29, 1.82) is 5.26 Å². The second kappa shape index (κ2) is 5.55. The first-order valence-electron chi connectivity index (χ1n) is 5.51. The third-order valence-electron chi connectivity index (χ3n) is 2.44. The summed E-state index contributed by atoms with van der Waals surface area (Å²) in [6.45, 7) is 1.92. The molecule has 4 nitrogen and oxygen atoms in total. The lowest BCUT2D eigenvalue weighted by molar-refractivity contribution is 0.0735. The molecule has 0 bridgehead atoms. The molecule has 1 heterocycles. The van der Waals surface area contributed by atoms with Gasteiger partial charge >= 0.3 is 5.97 Å². The highest BCUT2D eigenvalue weighted by Gasteiger charge is 2.14. The van der Waals surface area contributed by atoms with Crippen molar-refractivity contribution < 1.29 is 14.3 Å². The third-order valence-corrected chi connectivity index (χ3v) is 3.42. The van der Waals surface area contributed by atoms with Crippen LogP contribution in [0.3, 0.4) is 0 Å². The largest absolute Gasteiger partial charge is 0.493 e. The van der Waals surface area contributed by atoms with E-state index in [1.165, 1.54) is 24.5 Å². The molecule has 96 valence electrons. The zero-order valence-electron chi connectivity index (χ0n) is 10.5. The number of carbonyl (C=O) groups is 1. The Balaban J connectivity index is 2.24. The number of hydrogen-bond donors (Lipinski definition) is 0. The maximum absolute atomic E-state index is 11.9. The molecule has 0 radical (unpaired) electrons. The van der Waals surface area contributed by atoms with Gasteiger partial charge in [0.05, 0.1) is 18.7 Å². The van der Waals surface area contributed by atoms with E-state index in [0.717, 1.165) is 4.88 Å². The predicted octanol–water partition coefficient (Wildman–Crippen LogP) is 3.16. The summed E-state index contributed by atoms with van der Waals surface area (Å²) in [5, 5.41) is 8.80. The maximum Gasteiger partial charge on any atom is 0.353 e. The van der Waals surface area contributed by atoms with Crippen LogP contribution in [0.2, 0.25) is 0 Å². The average Bonchev–Trinajstić information content (AvgIpc) is 2.86. The van der Waals surface area contributed by atoms with Gasteiger partial charge in [-0.05, 0) is 31.2 Å². The SMILES string of the molecule is COc1cc(C#N)ccc1OC(=O)c1ccc(C)s1. The van der Waals surface area contributed by atoms with Crippen molar-refractivity contribution in [2.75, 3.05) is 7.11 Å². The molecule has 1 aromatic carbocycles. The van der Waals surface area contributed by atoms with E-state index in [4.69, 9.17) is 14.7 Å². The van der Waals surface area contributed by atoms with Crippen molar-refractivity contribution in [2.24, 2.45) is 0 Å². The molecule has 0 aliphatic carbocycles. The Hall–Kier alpha value is -2.32. The summed E-state index contributed by atoms with van der Waals surface area (Å²) < 4.78 is 10.4. The molecule has 1 aromatic heterocycles. The molecule has 0 atom stereocenters. The first-order chi connectivity index (χ1) is 9.13. The number of ether oxygens (including phenoxy) is 2. The molecule has 0 aliphatic rings. The van der Waals surface area contributed by atoms with E-state index in [0.29, 0.717) is 21.9 Å². The maximum atomic E-state index is 11.9. The Labute approximate surface area is 114 Å². The van der Waals surface area contributed by atoms with E-state index >= 15 is 0 Å². The van der Waals surface area contributed by atoms with Gasteiger partial charge in [0, 0.05) is 10.9 Å². The molecule has 0 aliphatic heterocycles. The minimum atomic E-state index is -0.430. The highest BCUT2D eigenvalue weighted by molar-refractivity contribution is 7.13. The number of carbonyl (C=O) groups excluding carboxylic acids is 1. The van der Waals surface area contributed by atoms with Crippen LogP contribution in [0.5, 0.6) is 11.5 Å². The van der Waals surface area contributed by atoms with E-state index in [1.54, 1.807) is 18.2 Å². The summed E-state index contributed by atoms with van der Waals surface area (Å²) in [6, 6.07) is 10.2. The molecule has 5 heteroatoms. The van der Waals surface area contributed by atoms with Gasteiger partial charge in [0.25, 0.3) is 0 Å². The first kappa shape index (κ1) is 13.1. The normalized spacial score (nSPS) is 9.74. The van der Waals surface area contributed by atoms with Gasteiger partial charge in [0.2, 0.25) is 0 Å². The van der Waals surface area contributed by atoms with Crippen molar-refractivity contribution >= 4 is 17.3 Å². The molecule has 0 unspecified atom stereocenters. The molecular weight excluding hydrogens is 262 g/mol. The third kappa shape index (κ3) is 2.92. The molecule has 0 saturated carbocycles. The van der Waals surface area contributed by atoms with Gasteiger partial charge in [0.1, 0.15) is 4.88 Å². The van der Waals surface area contributed by atoms with Gasteiger partial charge in [-0.25, -0.2) is 4.79 Å². The van der Waals surface area contributed by atoms with Gasteiger partial charge in [0.15, 0.2) is 11.5 Å². The molecule has 0 N–H and O–H groups in total. The fraction of sp³-hybridized carbons (Fsp3) is 0.143. The van der Waals surface area contributed by atoms with Gasteiger partial charge in [-0.2, -0.15) is 5.26 Å². The molecule has 0 saturated heterocycles. The van der Waals surface area contributed by atoms with Crippen molar-refractivity contribution in [1.82, 2.24) is 0 Å². The molecule has 2 rings (SSSR count). The van der Waals surface area contributed by atoms with Crippen LogP contribution in [0.1, 0.15) is 20.1 Å². The quantitative estimate of drug-likeness (QED) is 0.636. The topological polar surface area (TPSA) is 59.3 Å². The predicted molar refractivity (Wildman–Crippen MR) is 71.7 cm³/mol. The van der Waals surface area contributed by atoms with Gasteiger partial charge in [-0.1, -0.05) is 0 Å². The number of benzene rings is 1. The highest BCUT2D eigenvalue weighted by atomic mass is 32.1. The minimum Gasteiger partial charge on any atom is -0.493 e. The standard InChI is InChI=1S/C14H11NO3S/c1-9-3-6-13(19-9)14(16)18-11-5-4-10(8-15)7-12(11)17-2/h3-7H,1-2H3. The Kier molecular flexibility index (Phi) is 3.83. The van der Waals surface area contributed by atoms with Crippen LogP contribution in [-0.2, 0) is 0 Å². The second-order valence-corrected chi connectivity index (χ2v) is 5.07. The lowest BCUT2D eigenvalue weighted by Gasteiger charge is -2.08. The molecule has 0 fully saturated rings. The second-order valence-electron chi connectivity index (χ2n) is 3.78. The van der Waals surface area contributed by atoms with Crippen LogP contribution in [0.15, 0.2) is 30.3 Å². The van der Waals surface area contributed by atoms with Crippen LogP contribution in [0.4, 0.5) is 0 Å². The zero-order valence-corrected chi connectivity index (χ0v) is 11.3. The van der Waals surface area contributed by atoms with Gasteiger partial charge in [-0.15, -0.1) is 11.3 Å². The van der Waals surface area contributed by atoms with Crippen LogP contribution >= 0.6 is 11.3 Å². The number of nitrogens with zero attached hydrogens (tertiary/aromatic N) is 1. The number of rotatable bonds is 3. The van der Waals surface area contributed by atoms with Crippen LogP contribution < -0.4 is 9.47 Å². The fourth-order valence-corrected chi connectivity index (χ4v) is 2.26. The Bertz CT molecular complexity index is 655. The molecule has 0 amide bonds. The average molecular weight is 273 g/mol. The van der Waals surface area contributed by atoms with Crippen LogP contribution in [0, 0.1) is 18.3 Å². The van der Waals surface area contributed by atoms with Gasteiger partial charge < -0.3 is 9.47 Å². The van der Waals surface area contributed by atoms with Crippen molar-refractivity contribution in [2.45, 2.75) is 6.92 Å². The minimum absolute atomic E-state index is 0.303. The van der Waals surface area contributed by atoms with E-state index < -0.39 is 5.97 Å². The number of esters is 1. The summed E-state index contributed by atoms with van der Waals surface area (Å²) in [7, 11) is 1.46. The van der Waals surface area contributed by atoms with E-state index in [2.05, 4.69) is 0 Å². The zero-order chi connectivity index (χ0) is 13.8. The first-order valence-corrected chi connectivity index (χ1v) is 6.32. The molecule has 2 aromatic rings. The Morgan fingerprint density at radius 2 is 2.05 bits per heavy atom. The fourth-order valence-electron chi connectivity index (χ4n) is 1.52. The summed E-state index contributed by atoms with van der Waals surface area (Å²) in [5.74, 6) is 0.235. The number of aryl methyl sites for hydroxylation is 1. The molecule has 19 heavy (non-hydrogen) atoms. The highest BCUT2D eigenvalue weighted by Crippen LogP contribution is 2.29. The number of nitriles is 1. The van der Waals surface area contributed by atoms with Crippen molar-refractivity contribution in [3.63, 3.8) is 0 Å². The Morgan fingerprint density at radius 3 is 2.63 bits per heavy atom. The lowest BCUT2D eigenvalue weighted by Crippen LogP contribution is -2.07.